The molecular formula is C11H14ClN3O. The van der Waals surface area contributed by atoms with Gasteiger partial charge in [0.15, 0.2) is 0 Å². The molecule has 0 fully saturated rings. The topological polar surface area (TPSA) is 47.9 Å². The maximum Gasteiger partial charge on any atom is 0.223 e. The number of para-hydroxylation sites is 1. The number of hydrogen-bond acceptors (Lipinski definition) is 4. The summed E-state index contributed by atoms with van der Waals surface area (Å²) in [6, 6.07) is 7.66. The van der Waals surface area contributed by atoms with Crippen LogP contribution < -0.4 is 15.9 Å². The number of nitrogens with zero attached hydrogens (tertiary/aromatic N) is 2. The fourth-order valence-electron chi connectivity index (χ4n) is 1.83. The Morgan fingerprint density at radius 3 is 2.81 bits per heavy atom. The van der Waals surface area contributed by atoms with Crippen molar-refractivity contribution in [2.45, 2.75) is 12.7 Å². The molecule has 5 heteroatoms. The van der Waals surface area contributed by atoms with Crippen LogP contribution in [0.2, 0.25) is 0 Å². The lowest BCUT2D eigenvalue weighted by Gasteiger charge is -2.38. The largest absolute Gasteiger partial charge is 0.285 e. The molecule has 1 aromatic carbocycles. The van der Waals surface area contributed by atoms with Crippen molar-refractivity contribution < 1.29 is 5.21 Å². The minimum atomic E-state index is -0.972. The fourth-order valence-corrected chi connectivity index (χ4v) is 2.14. The van der Waals surface area contributed by atoms with Crippen LogP contribution in [0.4, 0.5) is 0 Å². The van der Waals surface area contributed by atoms with E-state index in [1.54, 1.807) is 7.05 Å². The second-order valence-electron chi connectivity index (χ2n) is 3.73. The highest BCUT2D eigenvalue weighted by Crippen LogP contribution is 2.19. The van der Waals surface area contributed by atoms with E-state index >= 15 is 0 Å². The van der Waals surface area contributed by atoms with E-state index in [1.807, 2.05) is 31.2 Å². The number of rotatable bonds is 2. The fraction of sp³-hybridized carbons (Fsp3) is 0.364. The van der Waals surface area contributed by atoms with Gasteiger partial charge in [-0.05, 0) is 20.0 Å². The lowest BCUT2D eigenvalue weighted by atomic mass is 10.2. The molecular weight excluding hydrogens is 226 g/mol. The molecule has 1 aromatic rings. The zero-order valence-electron chi connectivity index (χ0n) is 9.24. The molecule has 1 unspecified atom stereocenters. The van der Waals surface area contributed by atoms with Crippen LogP contribution in [-0.4, -0.2) is 29.0 Å². The van der Waals surface area contributed by atoms with Crippen molar-refractivity contribution in [3.05, 3.63) is 34.8 Å². The van der Waals surface area contributed by atoms with Gasteiger partial charge in [0.2, 0.25) is 5.79 Å². The van der Waals surface area contributed by atoms with E-state index in [1.165, 1.54) is 0 Å². The van der Waals surface area contributed by atoms with Crippen LogP contribution in [0, 0.1) is 0 Å². The van der Waals surface area contributed by atoms with Gasteiger partial charge in [-0.3, -0.25) is 10.5 Å². The van der Waals surface area contributed by atoms with Crippen molar-refractivity contribution >= 4 is 17.3 Å². The molecule has 0 bridgehead atoms. The normalized spacial score (nSPS) is 24.0. The lowest BCUT2D eigenvalue weighted by Crippen LogP contribution is -2.61. The van der Waals surface area contributed by atoms with Gasteiger partial charge in [-0.15, -0.1) is 11.6 Å². The first-order valence-electron chi connectivity index (χ1n) is 5.04. The third kappa shape index (κ3) is 1.50. The Balaban J connectivity index is 2.76. The van der Waals surface area contributed by atoms with E-state index in [9.17, 15) is 5.21 Å². The molecule has 0 amide bonds. The summed E-state index contributed by atoms with van der Waals surface area (Å²) in [5, 5.41) is 15.9. The summed E-state index contributed by atoms with van der Waals surface area (Å²) in [6.07, 6.45) is 0. The number of nitrogens with one attached hydrogen (secondary N) is 1. The maximum atomic E-state index is 10.1. The van der Waals surface area contributed by atoms with Gasteiger partial charge < -0.3 is 0 Å². The minimum absolute atomic E-state index is 0.158. The highest BCUT2D eigenvalue weighted by Gasteiger charge is 2.36. The summed E-state index contributed by atoms with van der Waals surface area (Å²) in [6.45, 7) is 1.84. The number of hydroxylamine groups is 2. The van der Waals surface area contributed by atoms with Gasteiger partial charge in [0, 0.05) is 5.22 Å². The highest BCUT2D eigenvalue weighted by atomic mass is 35.5. The molecule has 0 saturated heterocycles. The van der Waals surface area contributed by atoms with Crippen molar-refractivity contribution in [2.24, 2.45) is 4.99 Å². The van der Waals surface area contributed by atoms with E-state index in [2.05, 4.69) is 10.3 Å². The first kappa shape index (κ1) is 11.4. The first-order valence-corrected chi connectivity index (χ1v) is 5.58. The number of halogens is 1. The number of fused-ring (bicyclic) bond motifs is 1. The van der Waals surface area contributed by atoms with Gasteiger partial charge in [0.1, 0.15) is 0 Å². The summed E-state index contributed by atoms with van der Waals surface area (Å²) in [7, 11) is 1.72. The number of alkyl halides is 1. The summed E-state index contributed by atoms with van der Waals surface area (Å²) in [4.78, 5) is 4.46. The number of hydrogen-bond donors (Lipinski definition) is 2. The summed E-state index contributed by atoms with van der Waals surface area (Å²) in [5.74, 6) is -0.814. The van der Waals surface area contributed by atoms with Crippen LogP contribution in [0.25, 0.3) is 5.70 Å². The van der Waals surface area contributed by atoms with Crippen molar-refractivity contribution in [2.75, 3.05) is 12.9 Å². The quantitative estimate of drug-likeness (QED) is 0.728. The van der Waals surface area contributed by atoms with E-state index < -0.39 is 5.79 Å². The molecule has 2 N–H and O–H groups in total. The molecule has 0 aromatic heterocycles. The van der Waals surface area contributed by atoms with Gasteiger partial charge in [-0.1, -0.05) is 18.2 Å². The predicted molar refractivity (Wildman–Crippen MR) is 62.4 cm³/mol. The smallest absolute Gasteiger partial charge is 0.223 e. The van der Waals surface area contributed by atoms with Crippen LogP contribution in [-0.2, 0) is 0 Å². The Kier molecular flexibility index (Phi) is 2.88. The zero-order valence-corrected chi connectivity index (χ0v) is 9.99. The lowest BCUT2D eigenvalue weighted by molar-refractivity contribution is -0.124. The summed E-state index contributed by atoms with van der Waals surface area (Å²) >= 11 is 5.89. The van der Waals surface area contributed by atoms with Crippen molar-refractivity contribution in [1.82, 2.24) is 10.4 Å². The Labute approximate surface area is 98.8 Å². The van der Waals surface area contributed by atoms with Crippen LogP contribution in [0.3, 0.4) is 0 Å². The molecule has 1 atom stereocenters. The standard InChI is InChI=1S/C11H14ClN3O/c1-8-9-5-3-4-6-10(9)14-11(7-12,13-2)15(8)16/h3-6,13,16H,7H2,1-2H3. The van der Waals surface area contributed by atoms with Crippen LogP contribution in [0.15, 0.2) is 29.3 Å². The molecule has 1 heterocycles. The van der Waals surface area contributed by atoms with Gasteiger partial charge in [0.25, 0.3) is 0 Å². The van der Waals surface area contributed by atoms with Crippen LogP contribution in [0.5, 0.6) is 0 Å². The monoisotopic (exact) mass is 239 g/mol. The second-order valence-corrected chi connectivity index (χ2v) is 3.99. The van der Waals surface area contributed by atoms with Gasteiger partial charge >= 0.3 is 0 Å². The molecule has 2 rings (SSSR count). The molecule has 4 nitrogen and oxygen atoms in total. The van der Waals surface area contributed by atoms with E-state index in [-0.39, 0.29) is 5.88 Å². The predicted octanol–water partition coefficient (Wildman–Crippen LogP) is 0.251. The van der Waals surface area contributed by atoms with Crippen LogP contribution in [0.1, 0.15) is 6.92 Å². The Morgan fingerprint density at radius 2 is 2.19 bits per heavy atom. The Hall–Kier alpha value is -1.10. The van der Waals surface area contributed by atoms with Gasteiger partial charge in [-0.2, -0.15) is 0 Å². The van der Waals surface area contributed by atoms with Gasteiger partial charge in [-0.25, -0.2) is 10.1 Å². The SMILES string of the molecule is CNC1(CCl)N=c2ccccc2=C(C)N1O. The average molecular weight is 240 g/mol. The third-order valence-corrected chi connectivity index (χ3v) is 3.23. The minimum Gasteiger partial charge on any atom is -0.285 e. The molecule has 16 heavy (non-hydrogen) atoms. The van der Waals surface area contributed by atoms with Gasteiger partial charge in [0.05, 0.1) is 16.9 Å². The summed E-state index contributed by atoms with van der Waals surface area (Å²) in [5.41, 5.74) is 0.737. The second kappa shape index (κ2) is 4.05. The number of benzene rings is 1. The maximum absolute atomic E-state index is 10.1. The third-order valence-electron chi connectivity index (χ3n) is 2.85. The molecule has 86 valence electrons. The summed E-state index contributed by atoms with van der Waals surface area (Å²) < 4.78 is 0. The molecule has 0 aliphatic carbocycles. The first-order chi connectivity index (χ1) is 7.64. The van der Waals surface area contributed by atoms with E-state index in [4.69, 9.17) is 11.6 Å². The Bertz CT molecular complexity index is 510. The average Bonchev–Trinajstić information content (AvgIpc) is 2.34. The molecule has 0 radical (unpaired) electrons. The zero-order chi connectivity index (χ0) is 11.8. The van der Waals surface area contributed by atoms with Crippen LogP contribution >= 0.6 is 11.6 Å². The highest BCUT2D eigenvalue weighted by molar-refractivity contribution is 6.18. The van der Waals surface area contributed by atoms with Crippen molar-refractivity contribution in [3.63, 3.8) is 0 Å². The van der Waals surface area contributed by atoms with E-state index in [0.717, 1.165) is 21.3 Å². The van der Waals surface area contributed by atoms with Crippen molar-refractivity contribution in [1.29, 1.82) is 0 Å². The Morgan fingerprint density at radius 1 is 1.50 bits per heavy atom. The van der Waals surface area contributed by atoms with Crippen molar-refractivity contribution in [3.8, 4) is 0 Å². The molecule has 0 saturated carbocycles. The molecule has 1 aliphatic heterocycles. The molecule has 1 aliphatic rings. The van der Waals surface area contributed by atoms with E-state index in [0.29, 0.717) is 0 Å². The molecule has 0 spiro atoms.